The summed E-state index contributed by atoms with van der Waals surface area (Å²) in [7, 11) is 2.19. The molecule has 0 radical (unpaired) electrons. The first-order chi connectivity index (χ1) is 8.77. The van der Waals surface area contributed by atoms with E-state index >= 15 is 0 Å². The molecule has 4 nitrogen and oxygen atoms in total. The van der Waals surface area contributed by atoms with Gasteiger partial charge < -0.3 is 14.4 Å². The number of phenolic OH excluding ortho intramolecular Hbond substituents is 1. The summed E-state index contributed by atoms with van der Waals surface area (Å²) < 4.78 is 44.4. The van der Waals surface area contributed by atoms with Gasteiger partial charge in [0, 0.05) is 18.5 Å². The fourth-order valence-electron chi connectivity index (χ4n) is 2.07. The number of methoxy groups -OCH3 is 1. The van der Waals surface area contributed by atoms with E-state index in [1.165, 1.54) is 19.2 Å². The van der Waals surface area contributed by atoms with Crippen LogP contribution in [0.3, 0.4) is 0 Å². The Hall–Kier alpha value is -2.18. The third kappa shape index (κ3) is 2.00. The van der Waals surface area contributed by atoms with Gasteiger partial charge in [-0.15, -0.1) is 0 Å². The highest BCUT2D eigenvalue weighted by molar-refractivity contribution is 6.06. The predicted octanol–water partition coefficient (Wildman–Crippen LogP) is 2.69. The molecule has 0 amide bonds. The number of benzene rings is 1. The van der Waals surface area contributed by atoms with E-state index in [-0.39, 0.29) is 16.7 Å². The van der Waals surface area contributed by atoms with Gasteiger partial charge in [-0.05, 0) is 12.1 Å². The molecule has 1 heterocycles. The van der Waals surface area contributed by atoms with Crippen molar-refractivity contribution in [3.05, 3.63) is 29.5 Å². The summed E-state index contributed by atoms with van der Waals surface area (Å²) in [5, 5.41) is 9.43. The van der Waals surface area contributed by atoms with Crippen LogP contribution < -0.4 is 0 Å². The molecule has 19 heavy (non-hydrogen) atoms. The van der Waals surface area contributed by atoms with Gasteiger partial charge in [0.25, 0.3) is 0 Å². The predicted molar refractivity (Wildman–Crippen MR) is 60.9 cm³/mol. The Balaban J connectivity index is 2.93. The number of fused-ring (bicyclic) bond motifs is 1. The fourth-order valence-corrected chi connectivity index (χ4v) is 2.07. The Morgan fingerprint density at radius 1 is 1.37 bits per heavy atom. The Bertz CT molecular complexity index is 658. The average molecular weight is 273 g/mol. The zero-order valence-electron chi connectivity index (χ0n) is 10.1. The number of aromatic hydroxyl groups is 1. The van der Waals surface area contributed by atoms with Crippen LogP contribution >= 0.6 is 0 Å². The van der Waals surface area contributed by atoms with Crippen LogP contribution in [0.2, 0.25) is 0 Å². The topological polar surface area (TPSA) is 51.5 Å². The summed E-state index contributed by atoms with van der Waals surface area (Å²) in [6, 6.07) is 3.64. The fraction of sp³-hybridized carbons (Fsp3) is 0.250. The van der Waals surface area contributed by atoms with E-state index < -0.39 is 23.4 Å². The highest BCUT2D eigenvalue weighted by Crippen LogP contribution is 2.38. The SMILES string of the molecule is COC(=O)c1c(C(F)(F)F)n(C)c2cc(O)ccc12. The molecular weight excluding hydrogens is 263 g/mol. The number of nitrogens with zero attached hydrogens (tertiary/aromatic N) is 1. The van der Waals surface area contributed by atoms with E-state index in [0.717, 1.165) is 17.7 Å². The summed E-state index contributed by atoms with van der Waals surface area (Å²) in [6.07, 6.45) is -4.70. The van der Waals surface area contributed by atoms with Crippen molar-refractivity contribution >= 4 is 16.9 Å². The summed E-state index contributed by atoms with van der Waals surface area (Å²) in [6.45, 7) is 0. The lowest BCUT2D eigenvalue weighted by Crippen LogP contribution is -2.16. The minimum Gasteiger partial charge on any atom is -0.508 e. The maximum absolute atomic E-state index is 13.1. The molecule has 1 aromatic carbocycles. The van der Waals surface area contributed by atoms with Gasteiger partial charge in [-0.25, -0.2) is 4.79 Å². The molecule has 102 valence electrons. The number of aromatic nitrogens is 1. The molecule has 0 bridgehead atoms. The molecule has 7 heteroatoms. The number of alkyl halides is 3. The summed E-state index contributed by atoms with van der Waals surface area (Å²) in [5.74, 6) is -1.25. The van der Waals surface area contributed by atoms with Gasteiger partial charge >= 0.3 is 12.1 Å². The number of halogens is 3. The Morgan fingerprint density at radius 3 is 2.53 bits per heavy atom. The second kappa shape index (κ2) is 4.18. The van der Waals surface area contributed by atoms with Crippen molar-refractivity contribution < 1.29 is 27.8 Å². The average Bonchev–Trinajstić information content (AvgIpc) is 2.61. The van der Waals surface area contributed by atoms with E-state index in [4.69, 9.17) is 0 Å². The van der Waals surface area contributed by atoms with Crippen molar-refractivity contribution in [2.75, 3.05) is 7.11 Å². The number of carbonyl (C=O) groups excluding carboxylic acids is 1. The zero-order valence-corrected chi connectivity index (χ0v) is 10.1. The van der Waals surface area contributed by atoms with Crippen molar-refractivity contribution in [2.24, 2.45) is 7.05 Å². The number of aryl methyl sites for hydroxylation is 1. The van der Waals surface area contributed by atoms with Crippen molar-refractivity contribution in [3.8, 4) is 5.75 Å². The van der Waals surface area contributed by atoms with Crippen LogP contribution in [0.25, 0.3) is 10.9 Å². The molecule has 0 unspecified atom stereocenters. The first-order valence-electron chi connectivity index (χ1n) is 5.24. The number of hydrogen-bond acceptors (Lipinski definition) is 3. The monoisotopic (exact) mass is 273 g/mol. The van der Waals surface area contributed by atoms with Gasteiger partial charge in [0.1, 0.15) is 11.4 Å². The van der Waals surface area contributed by atoms with Gasteiger partial charge in [0.15, 0.2) is 0 Å². The van der Waals surface area contributed by atoms with Crippen LogP contribution in [-0.2, 0) is 18.0 Å². The summed E-state index contributed by atoms with van der Waals surface area (Å²) in [4.78, 5) is 11.6. The third-order valence-corrected chi connectivity index (χ3v) is 2.84. The maximum Gasteiger partial charge on any atom is 0.432 e. The highest BCUT2D eigenvalue weighted by Gasteiger charge is 2.40. The summed E-state index contributed by atoms with van der Waals surface area (Å²) in [5.41, 5.74) is -1.54. The zero-order chi connectivity index (χ0) is 14.4. The van der Waals surface area contributed by atoms with Crippen LogP contribution in [0.5, 0.6) is 5.75 Å². The Morgan fingerprint density at radius 2 is 2.00 bits per heavy atom. The molecule has 0 aliphatic carbocycles. The van der Waals surface area contributed by atoms with Crippen molar-refractivity contribution in [1.29, 1.82) is 0 Å². The quantitative estimate of drug-likeness (QED) is 0.813. The van der Waals surface area contributed by atoms with Crippen LogP contribution in [0, 0.1) is 0 Å². The van der Waals surface area contributed by atoms with E-state index in [1.807, 2.05) is 0 Å². The minimum atomic E-state index is -4.70. The molecule has 2 aromatic rings. The Kier molecular flexibility index (Phi) is 2.92. The number of ether oxygens (including phenoxy) is 1. The van der Waals surface area contributed by atoms with Crippen LogP contribution in [0.4, 0.5) is 13.2 Å². The van der Waals surface area contributed by atoms with Crippen molar-refractivity contribution in [2.45, 2.75) is 6.18 Å². The molecule has 2 rings (SSSR count). The molecule has 0 saturated carbocycles. The Labute approximate surface area is 106 Å². The number of phenols is 1. The van der Waals surface area contributed by atoms with Crippen molar-refractivity contribution in [3.63, 3.8) is 0 Å². The normalized spacial score (nSPS) is 11.8. The number of carbonyl (C=O) groups is 1. The number of rotatable bonds is 1. The van der Waals surface area contributed by atoms with Crippen LogP contribution in [0.15, 0.2) is 18.2 Å². The largest absolute Gasteiger partial charge is 0.508 e. The lowest BCUT2D eigenvalue weighted by atomic mass is 10.1. The van der Waals surface area contributed by atoms with E-state index in [0.29, 0.717) is 0 Å². The molecule has 0 saturated heterocycles. The summed E-state index contributed by atoms with van der Waals surface area (Å²) >= 11 is 0. The van der Waals surface area contributed by atoms with E-state index in [2.05, 4.69) is 4.74 Å². The number of esters is 1. The standard InChI is InChI=1S/C12H10F3NO3/c1-16-8-5-6(17)3-4-7(8)9(11(18)19-2)10(16)12(13,14)15/h3-5,17H,1-2H3. The minimum absolute atomic E-state index is 0.0828. The van der Waals surface area contributed by atoms with Gasteiger partial charge in [-0.1, -0.05) is 0 Å². The first-order valence-corrected chi connectivity index (χ1v) is 5.24. The molecule has 0 spiro atoms. The van der Waals surface area contributed by atoms with Gasteiger partial charge in [-0.2, -0.15) is 13.2 Å². The molecule has 0 fully saturated rings. The second-order valence-corrected chi connectivity index (χ2v) is 3.97. The molecule has 0 aliphatic heterocycles. The molecular formula is C12H10F3NO3. The van der Waals surface area contributed by atoms with Gasteiger partial charge in [0.05, 0.1) is 18.2 Å². The molecule has 1 aromatic heterocycles. The van der Waals surface area contributed by atoms with Crippen LogP contribution in [0.1, 0.15) is 16.1 Å². The number of hydrogen-bond donors (Lipinski definition) is 1. The van der Waals surface area contributed by atoms with Gasteiger partial charge in [-0.3, -0.25) is 0 Å². The van der Waals surface area contributed by atoms with E-state index in [9.17, 15) is 23.1 Å². The molecule has 0 atom stereocenters. The molecule has 1 N–H and O–H groups in total. The van der Waals surface area contributed by atoms with Gasteiger partial charge in [0.2, 0.25) is 0 Å². The first kappa shape index (κ1) is 13.3. The third-order valence-electron chi connectivity index (χ3n) is 2.84. The second-order valence-electron chi connectivity index (χ2n) is 3.97. The smallest absolute Gasteiger partial charge is 0.432 e. The van der Waals surface area contributed by atoms with E-state index in [1.54, 1.807) is 0 Å². The lowest BCUT2D eigenvalue weighted by molar-refractivity contribution is -0.143. The molecule has 0 aliphatic rings. The van der Waals surface area contributed by atoms with Crippen LogP contribution in [-0.4, -0.2) is 22.8 Å². The van der Waals surface area contributed by atoms with Crippen molar-refractivity contribution in [1.82, 2.24) is 4.57 Å². The highest BCUT2D eigenvalue weighted by atomic mass is 19.4. The lowest BCUT2D eigenvalue weighted by Gasteiger charge is -2.10. The maximum atomic E-state index is 13.1.